The molecule has 0 unspecified atom stereocenters. The van der Waals surface area contributed by atoms with Gasteiger partial charge in [0.2, 0.25) is 0 Å². The van der Waals surface area contributed by atoms with E-state index in [1.54, 1.807) is 0 Å². The van der Waals surface area contributed by atoms with Crippen LogP contribution in [0.5, 0.6) is 5.75 Å². The summed E-state index contributed by atoms with van der Waals surface area (Å²) in [5.74, 6) is 1.36. The molecular weight excluding hydrogens is 692 g/mol. The fourth-order valence-electron chi connectivity index (χ4n) is 5.65. The summed E-state index contributed by atoms with van der Waals surface area (Å²) < 4.78 is 7.59. The van der Waals surface area contributed by atoms with E-state index in [1.165, 1.54) is 33.8 Å². The number of benzene rings is 5. The van der Waals surface area contributed by atoms with E-state index < -0.39 is 17.9 Å². The normalized spacial score (nSPS) is 10.8. The van der Waals surface area contributed by atoms with E-state index in [0.717, 1.165) is 22.3 Å². The minimum Gasteiger partial charge on any atom is -0.507 e. The van der Waals surface area contributed by atoms with E-state index >= 15 is 0 Å². The fourth-order valence-corrected chi connectivity index (χ4v) is 7.54. The maximum absolute atomic E-state index is 10.5. The van der Waals surface area contributed by atoms with Gasteiger partial charge in [-0.2, -0.15) is 0 Å². The maximum atomic E-state index is 10.5. The number of H-pyrrole nitrogens is 1. The van der Waals surface area contributed by atoms with Crippen LogP contribution in [-0.2, 0) is 23.3 Å². The molecule has 0 bridgehead atoms. The summed E-state index contributed by atoms with van der Waals surface area (Å²) in [6.07, 6.45) is 0. The monoisotopic (exact) mass is 746 g/mol. The summed E-state index contributed by atoms with van der Waals surface area (Å²) in [6, 6.07) is 47.3. The van der Waals surface area contributed by atoms with Crippen LogP contribution in [0.2, 0.25) is 0 Å². The second-order valence-corrected chi connectivity index (χ2v) is 15.3. The van der Waals surface area contributed by atoms with E-state index in [1.807, 2.05) is 92.7 Å². The van der Waals surface area contributed by atoms with Crippen molar-refractivity contribution in [3.8, 4) is 28.0 Å². The fraction of sp³-hybridized carbons (Fsp3) is 0.239. The van der Waals surface area contributed by atoms with Crippen LogP contribution in [0.1, 0.15) is 81.5 Å². The standard InChI is InChI=1S/C18H14O.C12H17N.C10H12.C6H9N.Mo/c19-18-16(14-8-3-1-4-9-14)12-7-13-17(18)15-10-5-2-6-11-15;1-8(2)10-6-5-7-11(9(3)4)12(10)13;1-10(2,3)9-7-5-4-6-8-9;1-5-3-4-6(2)7-5;/h1-13,19H;5-9H,1-4H3;1,4-8H,2-3H3;3-4,7H,1-2H3;. The van der Waals surface area contributed by atoms with Crippen molar-refractivity contribution in [2.45, 2.75) is 72.6 Å². The number of phenols is 1. The van der Waals surface area contributed by atoms with Crippen molar-refractivity contribution in [2.24, 2.45) is 3.50 Å². The van der Waals surface area contributed by atoms with Gasteiger partial charge in [0.1, 0.15) is 5.75 Å². The molecule has 0 aliphatic carbocycles. The topological polar surface area (TPSA) is 48.4 Å². The third-order valence-corrected chi connectivity index (χ3v) is 11.0. The van der Waals surface area contributed by atoms with Crippen molar-refractivity contribution in [3.63, 3.8) is 0 Å². The molecule has 0 atom stereocenters. The first kappa shape index (κ1) is 38.3. The zero-order valence-electron chi connectivity index (χ0n) is 30.8. The number of hydrogen-bond donors (Lipinski definition) is 2. The summed E-state index contributed by atoms with van der Waals surface area (Å²) in [6.45, 7) is 17.7. The third-order valence-electron chi connectivity index (χ3n) is 8.53. The Bertz CT molecular complexity index is 1880. The Balaban J connectivity index is 0.000000191. The predicted molar refractivity (Wildman–Crippen MR) is 211 cm³/mol. The number of phenolic OH excluding ortho intramolecular Hbond substituents is 1. The van der Waals surface area contributed by atoms with E-state index in [4.69, 9.17) is 3.50 Å². The zero-order chi connectivity index (χ0) is 36.1. The van der Waals surface area contributed by atoms with E-state index in [-0.39, 0.29) is 5.41 Å². The molecule has 5 aromatic carbocycles. The maximum Gasteiger partial charge on any atom is 0.131 e. The van der Waals surface area contributed by atoms with Gasteiger partial charge in [0.25, 0.3) is 0 Å². The molecule has 0 amide bonds. The number of aromatic hydroxyl groups is 1. The van der Waals surface area contributed by atoms with Gasteiger partial charge in [0, 0.05) is 22.5 Å². The van der Waals surface area contributed by atoms with Crippen molar-refractivity contribution >= 4 is 10.1 Å². The molecule has 0 aliphatic rings. The number of aromatic nitrogens is 1. The Morgan fingerprint density at radius 1 is 0.580 bits per heavy atom. The van der Waals surface area contributed by atoms with E-state index in [9.17, 15) is 5.11 Å². The molecule has 1 heterocycles. The van der Waals surface area contributed by atoms with Crippen LogP contribution in [0, 0.1) is 13.8 Å². The second kappa shape index (κ2) is 18.5. The van der Waals surface area contributed by atoms with Crippen molar-refractivity contribution in [1.29, 1.82) is 0 Å². The molecule has 0 saturated carbocycles. The summed E-state index contributed by atoms with van der Waals surface area (Å²) in [7, 11) is 0. The average molecular weight is 745 g/mol. The number of aryl methyl sites for hydroxylation is 2. The van der Waals surface area contributed by atoms with Gasteiger partial charge in [-0.3, -0.25) is 0 Å². The Kier molecular flexibility index (Phi) is 14.2. The molecule has 0 saturated heterocycles. The van der Waals surface area contributed by atoms with Gasteiger partial charge in [-0.1, -0.05) is 78.9 Å². The molecule has 3 nitrogen and oxygen atoms in total. The molecule has 0 fully saturated rings. The number of rotatable bonds is 7. The molecule has 0 spiro atoms. The van der Waals surface area contributed by atoms with Gasteiger partial charge in [-0.15, -0.1) is 0 Å². The van der Waals surface area contributed by atoms with Gasteiger partial charge in [0.15, 0.2) is 0 Å². The van der Waals surface area contributed by atoms with Crippen LogP contribution in [0.4, 0.5) is 5.69 Å². The number of nitrogens with one attached hydrogen (secondary N) is 1. The number of hydrogen-bond acceptors (Lipinski definition) is 2. The smallest absolute Gasteiger partial charge is 0.131 e. The first-order valence-electron chi connectivity index (χ1n) is 17.4. The van der Waals surface area contributed by atoms with Crippen LogP contribution in [0.3, 0.4) is 0 Å². The van der Waals surface area contributed by atoms with Gasteiger partial charge < -0.3 is 10.1 Å². The predicted octanol–water partition coefficient (Wildman–Crippen LogP) is 13.0. The molecule has 4 heteroatoms. The van der Waals surface area contributed by atoms with Gasteiger partial charge in [0.05, 0.1) is 0 Å². The molecule has 0 radical (unpaired) electrons. The van der Waals surface area contributed by atoms with Gasteiger partial charge in [-0.25, -0.2) is 0 Å². The van der Waals surface area contributed by atoms with Crippen LogP contribution in [-0.4, -0.2) is 14.5 Å². The molecule has 1 aromatic heterocycles. The summed E-state index contributed by atoms with van der Waals surface area (Å²) in [4.78, 5) is 3.14. The molecule has 50 heavy (non-hydrogen) atoms. The van der Waals surface area contributed by atoms with E-state index in [0.29, 0.717) is 17.6 Å². The van der Waals surface area contributed by atoms with Crippen LogP contribution >= 0.6 is 0 Å². The van der Waals surface area contributed by atoms with Crippen molar-refractivity contribution in [3.05, 3.63) is 168 Å². The Morgan fingerprint density at radius 3 is 1.40 bits per heavy atom. The van der Waals surface area contributed by atoms with Crippen molar-refractivity contribution in [1.82, 2.24) is 4.98 Å². The van der Waals surface area contributed by atoms with Gasteiger partial charge in [-0.05, 0) is 37.1 Å². The molecule has 6 aromatic rings. The summed E-state index contributed by atoms with van der Waals surface area (Å²) in [5.41, 5.74) is 11.7. The molecule has 6 rings (SSSR count). The minimum atomic E-state index is -0.553. The summed E-state index contributed by atoms with van der Waals surface area (Å²) >= 11 is -0.553. The van der Waals surface area contributed by atoms with Crippen molar-refractivity contribution < 1.29 is 23.0 Å². The number of aromatic amines is 1. The quantitative estimate of drug-likeness (QED) is 0.157. The van der Waals surface area contributed by atoms with Crippen LogP contribution < -0.4 is 0 Å². The second-order valence-electron chi connectivity index (χ2n) is 13.8. The minimum absolute atomic E-state index is 0.0811. The van der Waals surface area contributed by atoms with Gasteiger partial charge >= 0.3 is 156 Å². The Hall–Kier alpha value is -4.46. The first-order chi connectivity index (χ1) is 24.0. The van der Waals surface area contributed by atoms with Crippen LogP contribution in [0.15, 0.2) is 143 Å². The third kappa shape index (κ3) is 10.8. The van der Waals surface area contributed by atoms with E-state index in [2.05, 4.69) is 112 Å². The SMILES string of the molecule is CC(C)c1cccc(C(C)C)c1[N]=[Mo]=[CH]C(C)(C)c1ccccc1.Cc1ccc(C)[nH]1.Oc1c(-c2ccccc2)cccc1-c1ccccc1. The molecule has 258 valence electrons. The molecule has 0 aliphatic heterocycles. The molecule has 2 N–H and O–H groups in total. The number of nitrogens with zero attached hydrogens (tertiary/aromatic N) is 1. The van der Waals surface area contributed by atoms with Crippen molar-refractivity contribution in [2.75, 3.05) is 0 Å². The first-order valence-corrected chi connectivity index (χ1v) is 19.5. The largest absolute Gasteiger partial charge is 0.507 e. The van der Waals surface area contributed by atoms with Crippen LogP contribution in [0.25, 0.3) is 22.3 Å². The number of para-hydroxylation sites is 1. The molecular formula is C46H52MoN2O. The zero-order valence-corrected chi connectivity index (χ0v) is 32.8. The average Bonchev–Trinajstić information content (AvgIpc) is 3.51. The Labute approximate surface area is 308 Å². The Morgan fingerprint density at radius 2 is 1.00 bits per heavy atom. The summed E-state index contributed by atoms with van der Waals surface area (Å²) in [5, 5.41) is 10.5.